The molecule has 1 saturated heterocycles. The molecule has 5 nitrogen and oxygen atoms in total. The second kappa shape index (κ2) is 6.15. The van der Waals surface area contributed by atoms with Crippen molar-refractivity contribution in [2.24, 2.45) is 0 Å². The lowest BCUT2D eigenvalue weighted by Gasteiger charge is -2.21. The third kappa shape index (κ3) is 2.89. The fourth-order valence-corrected chi connectivity index (χ4v) is 2.68. The number of methoxy groups -OCH3 is 1. The van der Waals surface area contributed by atoms with Crippen molar-refractivity contribution in [3.63, 3.8) is 0 Å². The highest BCUT2D eigenvalue weighted by Gasteiger charge is 2.26. The van der Waals surface area contributed by atoms with Gasteiger partial charge >= 0.3 is 0 Å². The van der Waals surface area contributed by atoms with Gasteiger partial charge in [-0.05, 0) is 19.4 Å². The van der Waals surface area contributed by atoms with Gasteiger partial charge in [0.05, 0.1) is 13.2 Å². The van der Waals surface area contributed by atoms with Crippen LogP contribution in [-0.2, 0) is 11.3 Å². The van der Waals surface area contributed by atoms with E-state index in [4.69, 9.17) is 9.26 Å². The number of ether oxygens (including phenoxy) is 1. The zero-order chi connectivity index (χ0) is 13.8. The van der Waals surface area contributed by atoms with Gasteiger partial charge in [-0.25, -0.2) is 0 Å². The molecule has 2 heterocycles. The molecule has 0 aliphatic carbocycles. The van der Waals surface area contributed by atoms with E-state index in [1.807, 2.05) is 30.3 Å². The molecule has 1 aromatic carbocycles. The van der Waals surface area contributed by atoms with Gasteiger partial charge in [-0.15, -0.1) is 0 Å². The molecule has 1 fully saturated rings. The first kappa shape index (κ1) is 13.3. The maximum Gasteiger partial charge on any atom is 0.241 e. The van der Waals surface area contributed by atoms with Crippen LogP contribution in [0.15, 0.2) is 34.9 Å². The Morgan fingerprint density at radius 2 is 2.20 bits per heavy atom. The number of hydrogen-bond donors (Lipinski definition) is 0. The molecule has 2 aromatic rings. The van der Waals surface area contributed by atoms with E-state index in [0.717, 1.165) is 18.7 Å². The van der Waals surface area contributed by atoms with Crippen molar-refractivity contribution in [2.45, 2.75) is 25.4 Å². The molecule has 20 heavy (non-hydrogen) atoms. The molecule has 0 spiro atoms. The molecular weight excluding hydrogens is 254 g/mol. The van der Waals surface area contributed by atoms with Crippen molar-refractivity contribution in [1.29, 1.82) is 0 Å². The summed E-state index contributed by atoms with van der Waals surface area (Å²) in [6.07, 6.45) is 2.38. The normalized spacial score (nSPS) is 19.6. The molecule has 1 aliphatic rings. The van der Waals surface area contributed by atoms with E-state index in [-0.39, 0.29) is 0 Å². The smallest absolute Gasteiger partial charge is 0.241 e. The Morgan fingerprint density at radius 3 is 3.00 bits per heavy atom. The molecular formula is C15H19N3O2. The molecule has 0 amide bonds. The van der Waals surface area contributed by atoms with Crippen LogP contribution in [0.3, 0.4) is 0 Å². The molecule has 1 aromatic heterocycles. The van der Waals surface area contributed by atoms with E-state index in [0.29, 0.717) is 24.3 Å². The lowest BCUT2D eigenvalue weighted by Crippen LogP contribution is -2.32. The molecule has 5 heteroatoms. The standard InChI is InChI=1S/C15H19N3O2/c1-19-11-13-8-5-9-18(13)10-14-16-15(17-20-14)12-6-3-2-4-7-12/h2-4,6-7,13H,5,8-11H2,1H3/t13-/m0/s1. The van der Waals surface area contributed by atoms with E-state index >= 15 is 0 Å². The van der Waals surface area contributed by atoms with Crippen LogP contribution in [0.4, 0.5) is 0 Å². The highest BCUT2D eigenvalue weighted by atomic mass is 16.5. The van der Waals surface area contributed by atoms with Gasteiger partial charge in [-0.2, -0.15) is 4.98 Å². The van der Waals surface area contributed by atoms with Crippen LogP contribution in [0.2, 0.25) is 0 Å². The van der Waals surface area contributed by atoms with Gasteiger partial charge in [0.2, 0.25) is 11.7 Å². The van der Waals surface area contributed by atoms with Crippen LogP contribution in [-0.4, -0.2) is 41.3 Å². The average Bonchev–Trinajstić information content (AvgIpc) is 3.11. The van der Waals surface area contributed by atoms with Crippen molar-refractivity contribution in [1.82, 2.24) is 15.0 Å². The Morgan fingerprint density at radius 1 is 1.35 bits per heavy atom. The van der Waals surface area contributed by atoms with Crippen molar-refractivity contribution in [3.05, 3.63) is 36.2 Å². The van der Waals surface area contributed by atoms with Gasteiger partial charge in [0, 0.05) is 18.7 Å². The number of rotatable bonds is 5. The zero-order valence-corrected chi connectivity index (χ0v) is 11.7. The van der Waals surface area contributed by atoms with Crippen LogP contribution in [0.1, 0.15) is 18.7 Å². The lowest BCUT2D eigenvalue weighted by atomic mass is 10.2. The van der Waals surface area contributed by atoms with E-state index in [1.54, 1.807) is 7.11 Å². The molecule has 3 rings (SSSR count). The van der Waals surface area contributed by atoms with Crippen molar-refractivity contribution in [3.8, 4) is 11.4 Å². The third-order valence-corrected chi connectivity index (χ3v) is 3.70. The molecule has 0 unspecified atom stereocenters. The van der Waals surface area contributed by atoms with Crippen LogP contribution >= 0.6 is 0 Å². The van der Waals surface area contributed by atoms with Gasteiger partial charge in [0.1, 0.15) is 0 Å². The monoisotopic (exact) mass is 273 g/mol. The fourth-order valence-electron chi connectivity index (χ4n) is 2.68. The molecule has 106 valence electrons. The summed E-state index contributed by atoms with van der Waals surface area (Å²) in [5.74, 6) is 1.33. The molecule has 0 bridgehead atoms. The SMILES string of the molecule is COC[C@@H]1CCCN1Cc1nc(-c2ccccc2)no1. The van der Waals surface area contributed by atoms with Crippen molar-refractivity contribution < 1.29 is 9.26 Å². The predicted molar refractivity (Wildman–Crippen MR) is 75.0 cm³/mol. The summed E-state index contributed by atoms with van der Waals surface area (Å²) in [4.78, 5) is 6.83. The quantitative estimate of drug-likeness (QED) is 0.837. The molecule has 1 aliphatic heterocycles. The van der Waals surface area contributed by atoms with Gasteiger partial charge < -0.3 is 9.26 Å². The minimum Gasteiger partial charge on any atom is -0.383 e. The van der Waals surface area contributed by atoms with Crippen LogP contribution < -0.4 is 0 Å². The summed E-state index contributed by atoms with van der Waals surface area (Å²) in [6.45, 7) is 2.53. The molecule has 0 radical (unpaired) electrons. The second-order valence-corrected chi connectivity index (χ2v) is 5.10. The summed E-state index contributed by atoms with van der Waals surface area (Å²) in [6, 6.07) is 10.4. The minimum absolute atomic E-state index is 0.465. The van der Waals surface area contributed by atoms with Crippen molar-refractivity contribution >= 4 is 0 Å². The number of nitrogens with zero attached hydrogens (tertiary/aromatic N) is 3. The predicted octanol–water partition coefficient (Wildman–Crippen LogP) is 2.35. The maximum absolute atomic E-state index is 5.36. The molecule has 0 saturated carbocycles. The van der Waals surface area contributed by atoms with Crippen LogP contribution in [0.5, 0.6) is 0 Å². The minimum atomic E-state index is 0.465. The largest absolute Gasteiger partial charge is 0.383 e. The zero-order valence-electron chi connectivity index (χ0n) is 11.7. The maximum atomic E-state index is 5.36. The molecule has 1 atom stereocenters. The number of likely N-dealkylation sites (tertiary alicyclic amines) is 1. The second-order valence-electron chi connectivity index (χ2n) is 5.10. The number of hydrogen-bond acceptors (Lipinski definition) is 5. The van der Waals surface area contributed by atoms with E-state index in [1.165, 1.54) is 12.8 Å². The number of benzene rings is 1. The lowest BCUT2D eigenvalue weighted by molar-refractivity contribution is 0.105. The summed E-state index contributed by atoms with van der Waals surface area (Å²) in [5, 5.41) is 4.06. The van der Waals surface area contributed by atoms with E-state index < -0.39 is 0 Å². The summed E-state index contributed by atoms with van der Waals surface area (Å²) >= 11 is 0. The average molecular weight is 273 g/mol. The Hall–Kier alpha value is -1.72. The van der Waals surface area contributed by atoms with Gasteiger partial charge in [0.15, 0.2) is 0 Å². The summed E-state index contributed by atoms with van der Waals surface area (Å²) in [5.41, 5.74) is 0.984. The van der Waals surface area contributed by atoms with Crippen LogP contribution in [0.25, 0.3) is 11.4 Å². The van der Waals surface area contributed by atoms with E-state index in [2.05, 4.69) is 15.0 Å². The first-order valence-corrected chi connectivity index (χ1v) is 6.98. The summed E-state index contributed by atoms with van der Waals surface area (Å²) < 4.78 is 10.6. The number of aromatic nitrogens is 2. The Kier molecular flexibility index (Phi) is 4.08. The van der Waals surface area contributed by atoms with Gasteiger partial charge in [0.25, 0.3) is 0 Å². The Labute approximate surface area is 118 Å². The van der Waals surface area contributed by atoms with Crippen molar-refractivity contribution in [2.75, 3.05) is 20.3 Å². The Bertz CT molecular complexity index is 541. The molecule has 0 N–H and O–H groups in total. The Balaban J connectivity index is 1.68. The van der Waals surface area contributed by atoms with Crippen LogP contribution in [0, 0.1) is 0 Å². The highest BCUT2D eigenvalue weighted by Crippen LogP contribution is 2.21. The topological polar surface area (TPSA) is 51.4 Å². The van der Waals surface area contributed by atoms with Gasteiger partial charge in [-0.1, -0.05) is 35.5 Å². The first-order valence-electron chi connectivity index (χ1n) is 6.98. The highest BCUT2D eigenvalue weighted by molar-refractivity contribution is 5.53. The first-order chi connectivity index (χ1) is 9.86. The third-order valence-electron chi connectivity index (χ3n) is 3.70. The van der Waals surface area contributed by atoms with E-state index in [9.17, 15) is 0 Å². The summed E-state index contributed by atoms with van der Waals surface area (Å²) in [7, 11) is 1.75. The van der Waals surface area contributed by atoms with Gasteiger partial charge in [-0.3, -0.25) is 4.90 Å². The fraction of sp³-hybridized carbons (Fsp3) is 0.467.